The first kappa shape index (κ1) is 16.0. The number of nitrogens with two attached hydrogens (primary N) is 1. The van der Waals surface area contributed by atoms with E-state index in [-0.39, 0.29) is 0 Å². The van der Waals surface area contributed by atoms with Crippen molar-refractivity contribution in [2.24, 2.45) is 5.73 Å². The first-order chi connectivity index (χ1) is 11.8. The van der Waals surface area contributed by atoms with Crippen LogP contribution in [0.2, 0.25) is 0 Å². The Hall–Kier alpha value is -2.92. The fourth-order valence-electron chi connectivity index (χ4n) is 2.58. The van der Waals surface area contributed by atoms with Gasteiger partial charge in [-0.15, -0.1) is 0 Å². The third kappa shape index (κ3) is 3.07. The topological polar surface area (TPSA) is 70.3 Å². The lowest BCUT2D eigenvalue weighted by Gasteiger charge is -2.10. The molecule has 0 fully saturated rings. The molecule has 1 aromatic heterocycles. The molecule has 0 aliphatic heterocycles. The first-order valence-electron chi connectivity index (χ1n) is 7.60. The van der Waals surface area contributed by atoms with E-state index in [1.165, 1.54) is 0 Å². The minimum atomic E-state index is 0.392. The second kappa shape index (κ2) is 7.10. The Balaban J connectivity index is 2.05. The molecular weight excluding hydrogens is 302 g/mol. The Labute approximate surface area is 141 Å². The highest BCUT2D eigenvalue weighted by molar-refractivity contribution is 5.69. The molecule has 3 rings (SSSR count). The Morgan fingerprint density at radius 1 is 0.958 bits per heavy atom. The van der Waals surface area contributed by atoms with Gasteiger partial charge in [0.2, 0.25) is 0 Å². The molecule has 2 N–H and O–H groups in total. The zero-order valence-electron chi connectivity index (χ0n) is 13.7. The SMILES string of the molecule is COc1ccc(-c2nccc(-c3ccccc3OC)n2)cc1CN. The summed E-state index contributed by atoms with van der Waals surface area (Å²) < 4.78 is 10.7. The number of hydrogen-bond acceptors (Lipinski definition) is 5. The van der Waals surface area contributed by atoms with E-state index in [9.17, 15) is 0 Å². The molecule has 0 atom stereocenters. The summed E-state index contributed by atoms with van der Waals surface area (Å²) in [7, 11) is 3.28. The van der Waals surface area contributed by atoms with E-state index in [0.717, 1.165) is 33.9 Å². The zero-order valence-corrected chi connectivity index (χ0v) is 13.7. The molecule has 0 aliphatic rings. The molecule has 5 heteroatoms. The molecule has 0 amide bonds. The summed E-state index contributed by atoms with van der Waals surface area (Å²) in [5.41, 5.74) is 9.34. The molecule has 0 unspecified atom stereocenters. The van der Waals surface area contributed by atoms with Gasteiger partial charge in [0, 0.05) is 29.4 Å². The molecule has 122 valence electrons. The number of hydrogen-bond donors (Lipinski definition) is 1. The second-order valence-corrected chi connectivity index (χ2v) is 5.20. The maximum atomic E-state index is 5.79. The van der Waals surface area contributed by atoms with E-state index >= 15 is 0 Å². The van der Waals surface area contributed by atoms with E-state index in [1.54, 1.807) is 20.4 Å². The molecule has 0 aliphatic carbocycles. The van der Waals surface area contributed by atoms with Crippen LogP contribution in [0.15, 0.2) is 54.7 Å². The quantitative estimate of drug-likeness (QED) is 0.781. The van der Waals surface area contributed by atoms with Crippen molar-refractivity contribution in [3.63, 3.8) is 0 Å². The monoisotopic (exact) mass is 321 g/mol. The fourth-order valence-corrected chi connectivity index (χ4v) is 2.58. The Morgan fingerprint density at radius 2 is 1.75 bits per heavy atom. The lowest BCUT2D eigenvalue weighted by Crippen LogP contribution is -2.01. The van der Waals surface area contributed by atoms with Crippen LogP contribution in [-0.2, 0) is 6.54 Å². The highest BCUT2D eigenvalue weighted by atomic mass is 16.5. The predicted molar refractivity (Wildman–Crippen MR) is 93.9 cm³/mol. The van der Waals surface area contributed by atoms with Gasteiger partial charge in [-0.05, 0) is 36.4 Å². The fraction of sp³-hybridized carbons (Fsp3) is 0.158. The van der Waals surface area contributed by atoms with Gasteiger partial charge in [-0.1, -0.05) is 12.1 Å². The number of methoxy groups -OCH3 is 2. The van der Waals surface area contributed by atoms with Gasteiger partial charge in [0.15, 0.2) is 5.82 Å². The summed E-state index contributed by atoms with van der Waals surface area (Å²) in [6, 6.07) is 15.4. The van der Waals surface area contributed by atoms with Crippen molar-refractivity contribution in [2.75, 3.05) is 14.2 Å². The third-order valence-corrected chi connectivity index (χ3v) is 3.80. The van der Waals surface area contributed by atoms with Crippen LogP contribution in [0.3, 0.4) is 0 Å². The number of nitrogens with zero attached hydrogens (tertiary/aromatic N) is 2. The highest BCUT2D eigenvalue weighted by Crippen LogP contribution is 2.30. The van der Waals surface area contributed by atoms with Crippen molar-refractivity contribution in [1.82, 2.24) is 9.97 Å². The molecule has 24 heavy (non-hydrogen) atoms. The van der Waals surface area contributed by atoms with Gasteiger partial charge in [-0.3, -0.25) is 0 Å². The molecule has 0 saturated heterocycles. The molecule has 0 spiro atoms. The lowest BCUT2D eigenvalue weighted by atomic mass is 10.1. The van der Waals surface area contributed by atoms with Gasteiger partial charge >= 0.3 is 0 Å². The van der Waals surface area contributed by atoms with Gasteiger partial charge in [-0.2, -0.15) is 0 Å². The Morgan fingerprint density at radius 3 is 2.50 bits per heavy atom. The van der Waals surface area contributed by atoms with Gasteiger partial charge in [-0.25, -0.2) is 9.97 Å². The minimum absolute atomic E-state index is 0.392. The average molecular weight is 321 g/mol. The van der Waals surface area contributed by atoms with Gasteiger partial charge in [0.05, 0.1) is 19.9 Å². The van der Waals surface area contributed by atoms with E-state index in [4.69, 9.17) is 15.2 Å². The summed E-state index contributed by atoms with van der Waals surface area (Å²) in [4.78, 5) is 9.07. The van der Waals surface area contributed by atoms with Gasteiger partial charge in [0.25, 0.3) is 0 Å². The van der Waals surface area contributed by atoms with Crippen molar-refractivity contribution in [2.45, 2.75) is 6.54 Å². The Kier molecular flexibility index (Phi) is 4.72. The van der Waals surface area contributed by atoms with E-state index < -0.39 is 0 Å². The van der Waals surface area contributed by atoms with Crippen molar-refractivity contribution < 1.29 is 9.47 Å². The van der Waals surface area contributed by atoms with Gasteiger partial charge < -0.3 is 15.2 Å². The summed E-state index contributed by atoms with van der Waals surface area (Å²) in [6.07, 6.45) is 1.75. The standard InChI is InChI=1S/C19H19N3O2/c1-23-17-8-7-13(11-14(17)12-20)19-21-10-9-16(22-19)15-5-3-4-6-18(15)24-2/h3-11H,12,20H2,1-2H3. The number of benzene rings is 2. The van der Waals surface area contributed by atoms with Crippen LogP contribution in [0.5, 0.6) is 11.5 Å². The normalized spacial score (nSPS) is 10.5. The highest BCUT2D eigenvalue weighted by Gasteiger charge is 2.10. The maximum Gasteiger partial charge on any atom is 0.159 e. The van der Waals surface area contributed by atoms with Crippen LogP contribution < -0.4 is 15.2 Å². The molecule has 0 radical (unpaired) electrons. The summed E-state index contributed by atoms with van der Waals surface area (Å²) >= 11 is 0. The molecule has 0 saturated carbocycles. The van der Waals surface area contributed by atoms with Crippen molar-refractivity contribution in [3.8, 4) is 34.1 Å². The van der Waals surface area contributed by atoms with Crippen LogP contribution in [-0.4, -0.2) is 24.2 Å². The van der Waals surface area contributed by atoms with Crippen LogP contribution in [0.1, 0.15) is 5.56 Å². The number of para-hydroxylation sites is 1. The molecule has 0 bridgehead atoms. The molecular formula is C19H19N3O2. The zero-order chi connectivity index (χ0) is 16.9. The lowest BCUT2D eigenvalue weighted by molar-refractivity contribution is 0.410. The smallest absolute Gasteiger partial charge is 0.159 e. The van der Waals surface area contributed by atoms with Crippen LogP contribution >= 0.6 is 0 Å². The first-order valence-corrected chi connectivity index (χ1v) is 7.60. The average Bonchev–Trinajstić information content (AvgIpc) is 2.67. The van der Waals surface area contributed by atoms with Gasteiger partial charge in [0.1, 0.15) is 11.5 Å². The Bertz CT molecular complexity index is 850. The van der Waals surface area contributed by atoms with Crippen LogP contribution in [0, 0.1) is 0 Å². The largest absolute Gasteiger partial charge is 0.496 e. The number of rotatable bonds is 5. The minimum Gasteiger partial charge on any atom is -0.496 e. The summed E-state index contributed by atoms with van der Waals surface area (Å²) in [5, 5.41) is 0. The number of aromatic nitrogens is 2. The molecule has 3 aromatic rings. The van der Waals surface area contributed by atoms with Crippen molar-refractivity contribution in [1.29, 1.82) is 0 Å². The van der Waals surface area contributed by atoms with Crippen LogP contribution in [0.25, 0.3) is 22.6 Å². The van der Waals surface area contributed by atoms with E-state index in [1.807, 2.05) is 48.5 Å². The predicted octanol–water partition coefficient (Wildman–Crippen LogP) is 3.29. The second-order valence-electron chi connectivity index (χ2n) is 5.20. The third-order valence-electron chi connectivity index (χ3n) is 3.80. The van der Waals surface area contributed by atoms with Crippen LogP contribution in [0.4, 0.5) is 0 Å². The number of ether oxygens (including phenoxy) is 2. The maximum absolute atomic E-state index is 5.79. The summed E-state index contributed by atoms with van der Waals surface area (Å²) in [6.45, 7) is 0.392. The molecule has 5 nitrogen and oxygen atoms in total. The van der Waals surface area contributed by atoms with Crippen molar-refractivity contribution >= 4 is 0 Å². The summed E-state index contributed by atoms with van der Waals surface area (Å²) in [5.74, 6) is 2.18. The van der Waals surface area contributed by atoms with Crippen molar-refractivity contribution in [3.05, 3.63) is 60.3 Å². The molecule has 2 aromatic carbocycles. The molecule has 1 heterocycles. The van der Waals surface area contributed by atoms with E-state index in [2.05, 4.69) is 9.97 Å². The van der Waals surface area contributed by atoms with E-state index in [0.29, 0.717) is 12.4 Å².